The van der Waals surface area contributed by atoms with E-state index in [1.807, 2.05) is 24.3 Å². The molecule has 140 valence electrons. The van der Waals surface area contributed by atoms with Crippen LogP contribution in [0.5, 0.6) is 0 Å². The number of aliphatic carboxylic acids is 1. The largest absolute Gasteiger partial charge is 0.480 e. The third kappa shape index (κ3) is 2.96. The smallest absolute Gasteiger partial charge is 0.421 e. The minimum Gasteiger partial charge on any atom is -0.480 e. The summed E-state index contributed by atoms with van der Waals surface area (Å²) in [5, 5.41) is 10.9. The number of hydrogen-bond donors (Lipinski definition) is 2. The van der Waals surface area contributed by atoms with Crippen LogP contribution in [0.15, 0.2) is 48.5 Å². The Hall–Kier alpha value is -2.86. The Morgan fingerprint density at radius 3 is 2.33 bits per heavy atom. The molecular weight excluding hydrogens is 344 g/mol. The van der Waals surface area contributed by atoms with Crippen molar-refractivity contribution < 1.29 is 19.4 Å². The Kier molecular flexibility index (Phi) is 4.36. The number of hydrazine groups is 1. The second-order valence-corrected chi connectivity index (χ2v) is 7.27. The van der Waals surface area contributed by atoms with E-state index in [1.54, 1.807) is 6.92 Å². The zero-order valence-electron chi connectivity index (χ0n) is 15.1. The Morgan fingerprint density at radius 2 is 1.74 bits per heavy atom. The topological polar surface area (TPSA) is 78.9 Å². The van der Waals surface area contributed by atoms with Crippen LogP contribution in [0.2, 0.25) is 0 Å². The maximum atomic E-state index is 12.3. The fraction of sp³-hybridized carbons (Fsp3) is 0.333. The van der Waals surface area contributed by atoms with Crippen molar-refractivity contribution in [1.82, 2.24) is 10.4 Å². The van der Waals surface area contributed by atoms with Gasteiger partial charge in [-0.2, -0.15) is 0 Å². The molecule has 1 fully saturated rings. The first kappa shape index (κ1) is 17.5. The van der Waals surface area contributed by atoms with Crippen molar-refractivity contribution in [2.75, 3.05) is 13.2 Å². The Balaban J connectivity index is 1.46. The highest BCUT2D eigenvalue weighted by Crippen LogP contribution is 2.44. The van der Waals surface area contributed by atoms with E-state index in [-0.39, 0.29) is 12.5 Å². The molecule has 6 heteroatoms. The number of amides is 1. The van der Waals surface area contributed by atoms with Gasteiger partial charge in [-0.25, -0.2) is 9.80 Å². The number of nitrogens with one attached hydrogen (secondary N) is 1. The van der Waals surface area contributed by atoms with Crippen LogP contribution in [0.1, 0.15) is 36.8 Å². The summed E-state index contributed by atoms with van der Waals surface area (Å²) in [6.45, 7) is 2.32. The van der Waals surface area contributed by atoms with Gasteiger partial charge in [-0.1, -0.05) is 48.5 Å². The zero-order chi connectivity index (χ0) is 19.0. The number of benzene rings is 2. The molecule has 0 spiro atoms. The first-order chi connectivity index (χ1) is 13.0. The van der Waals surface area contributed by atoms with Gasteiger partial charge >= 0.3 is 12.1 Å². The van der Waals surface area contributed by atoms with Crippen LogP contribution < -0.4 is 5.43 Å². The summed E-state index contributed by atoms with van der Waals surface area (Å²) in [6.07, 6.45) is 0.588. The Bertz CT molecular complexity index is 852. The van der Waals surface area contributed by atoms with Gasteiger partial charge in [0.2, 0.25) is 0 Å². The number of ether oxygens (including phenoxy) is 1. The summed E-state index contributed by atoms with van der Waals surface area (Å²) in [5.41, 5.74) is 6.14. The van der Waals surface area contributed by atoms with Crippen molar-refractivity contribution in [3.63, 3.8) is 0 Å². The normalized spacial score (nSPS) is 21.5. The zero-order valence-corrected chi connectivity index (χ0v) is 15.1. The van der Waals surface area contributed by atoms with Crippen molar-refractivity contribution >= 4 is 12.1 Å². The molecular formula is C21H22N2O4. The Morgan fingerprint density at radius 1 is 1.15 bits per heavy atom. The molecule has 0 aromatic heterocycles. The number of nitrogens with zero attached hydrogens (tertiary/aromatic N) is 1. The van der Waals surface area contributed by atoms with Gasteiger partial charge in [0.05, 0.1) is 0 Å². The van der Waals surface area contributed by atoms with E-state index < -0.39 is 17.6 Å². The van der Waals surface area contributed by atoms with Gasteiger partial charge in [0.25, 0.3) is 0 Å². The quantitative estimate of drug-likeness (QED) is 0.867. The van der Waals surface area contributed by atoms with Crippen molar-refractivity contribution in [3.8, 4) is 11.1 Å². The van der Waals surface area contributed by atoms with Gasteiger partial charge < -0.3 is 9.84 Å². The molecule has 1 saturated heterocycles. The third-order valence-corrected chi connectivity index (χ3v) is 5.67. The van der Waals surface area contributed by atoms with Crippen LogP contribution in [0.25, 0.3) is 11.1 Å². The van der Waals surface area contributed by atoms with Crippen LogP contribution in [0.4, 0.5) is 4.79 Å². The van der Waals surface area contributed by atoms with E-state index in [1.165, 1.54) is 16.1 Å². The molecule has 2 aromatic rings. The maximum absolute atomic E-state index is 12.3. The van der Waals surface area contributed by atoms with Crippen molar-refractivity contribution in [2.24, 2.45) is 0 Å². The SMILES string of the molecule is C[C@@]1(C(=O)O)CCCN1NC(=O)OCC1c2ccccc2-c2ccccc21. The first-order valence-electron chi connectivity index (χ1n) is 9.13. The highest BCUT2D eigenvalue weighted by molar-refractivity contribution is 5.80. The lowest BCUT2D eigenvalue weighted by molar-refractivity contribution is -0.150. The number of carboxylic acids is 1. The van der Waals surface area contributed by atoms with E-state index in [0.29, 0.717) is 19.4 Å². The molecule has 0 unspecified atom stereocenters. The maximum Gasteiger partial charge on any atom is 0.421 e. The number of fused-ring (bicyclic) bond motifs is 3. The lowest BCUT2D eigenvalue weighted by Gasteiger charge is -2.30. The van der Waals surface area contributed by atoms with Gasteiger partial charge in [0.15, 0.2) is 0 Å². The summed E-state index contributed by atoms with van der Waals surface area (Å²) in [4.78, 5) is 23.8. The summed E-state index contributed by atoms with van der Waals surface area (Å²) in [5.74, 6) is -0.966. The van der Waals surface area contributed by atoms with Gasteiger partial charge in [0, 0.05) is 12.5 Å². The predicted molar refractivity (Wildman–Crippen MR) is 100 cm³/mol. The van der Waals surface area contributed by atoms with E-state index >= 15 is 0 Å². The molecule has 0 bridgehead atoms. The number of carbonyl (C=O) groups excluding carboxylic acids is 1. The molecule has 2 N–H and O–H groups in total. The van der Waals surface area contributed by atoms with Gasteiger partial charge in [-0.3, -0.25) is 10.2 Å². The van der Waals surface area contributed by atoms with Gasteiger partial charge in [-0.15, -0.1) is 0 Å². The fourth-order valence-corrected chi connectivity index (χ4v) is 4.11. The van der Waals surface area contributed by atoms with E-state index in [0.717, 1.165) is 11.1 Å². The molecule has 0 radical (unpaired) electrons. The lowest BCUT2D eigenvalue weighted by Crippen LogP contribution is -2.56. The molecule has 6 nitrogen and oxygen atoms in total. The summed E-state index contributed by atoms with van der Waals surface area (Å²) < 4.78 is 5.49. The highest BCUT2D eigenvalue weighted by atomic mass is 16.6. The van der Waals surface area contributed by atoms with Crippen LogP contribution in [0, 0.1) is 0 Å². The number of carbonyl (C=O) groups is 2. The van der Waals surface area contributed by atoms with E-state index in [2.05, 4.69) is 29.7 Å². The summed E-state index contributed by atoms with van der Waals surface area (Å²) in [7, 11) is 0. The van der Waals surface area contributed by atoms with Crippen LogP contribution >= 0.6 is 0 Å². The highest BCUT2D eigenvalue weighted by Gasteiger charge is 2.44. The van der Waals surface area contributed by atoms with E-state index in [4.69, 9.17) is 4.74 Å². The monoisotopic (exact) mass is 366 g/mol. The summed E-state index contributed by atoms with van der Waals surface area (Å²) in [6, 6.07) is 16.3. The second kappa shape index (κ2) is 6.70. The fourth-order valence-electron chi connectivity index (χ4n) is 4.11. The van der Waals surface area contributed by atoms with Crippen molar-refractivity contribution in [2.45, 2.75) is 31.2 Å². The van der Waals surface area contributed by atoms with Crippen LogP contribution in [-0.2, 0) is 9.53 Å². The lowest BCUT2D eigenvalue weighted by atomic mass is 9.98. The van der Waals surface area contributed by atoms with Gasteiger partial charge in [0.1, 0.15) is 12.1 Å². The standard InChI is InChI=1S/C21H22N2O4/c1-21(19(24)25)11-6-12-23(21)22-20(26)27-13-18-16-9-4-2-7-14(16)15-8-3-5-10-17(15)18/h2-5,7-10,18H,6,11-13H2,1H3,(H,22,26)(H,24,25)/t21-/m0/s1. The Labute approximate surface area is 157 Å². The van der Waals surface area contributed by atoms with Crippen LogP contribution in [-0.4, -0.2) is 40.9 Å². The molecule has 1 atom stereocenters. The summed E-state index contributed by atoms with van der Waals surface area (Å²) >= 11 is 0. The van der Waals surface area contributed by atoms with Crippen molar-refractivity contribution in [3.05, 3.63) is 59.7 Å². The minimum atomic E-state index is -1.09. The predicted octanol–water partition coefficient (Wildman–Crippen LogP) is 3.38. The molecule has 2 aliphatic rings. The molecule has 1 aliphatic carbocycles. The number of hydrogen-bond acceptors (Lipinski definition) is 4. The average Bonchev–Trinajstić information content (AvgIpc) is 3.19. The molecule has 0 saturated carbocycles. The first-order valence-corrected chi connectivity index (χ1v) is 9.13. The molecule has 1 amide bonds. The molecule has 2 aromatic carbocycles. The van der Waals surface area contributed by atoms with Crippen LogP contribution in [0.3, 0.4) is 0 Å². The molecule has 27 heavy (non-hydrogen) atoms. The third-order valence-electron chi connectivity index (χ3n) is 5.67. The van der Waals surface area contributed by atoms with Gasteiger partial charge in [-0.05, 0) is 42.0 Å². The van der Waals surface area contributed by atoms with E-state index in [9.17, 15) is 14.7 Å². The average molecular weight is 366 g/mol. The molecule has 4 rings (SSSR count). The minimum absolute atomic E-state index is 0.0208. The molecule has 1 heterocycles. The number of rotatable bonds is 4. The second-order valence-electron chi connectivity index (χ2n) is 7.27. The molecule has 1 aliphatic heterocycles. The number of carboxylic acid groups (broad SMARTS) is 1. The van der Waals surface area contributed by atoms with Crippen molar-refractivity contribution in [1.29, 1.82) is 0 Å².